The van der Waals surface area contributed by atoms with E-state index >= 15 is 0 Å². The molecule has 0 heterocycles. The van der Waals surface area contributed by atoms with Crippen LogP contribution in [0.4, 0.5) is 0 Å². The molecule has 0 fully saturated rings. The second-order valence-electron chi connectivity index (χ2n) is 3.53. The van der Waals surface area contributed by atoms with Crippen molar-refractivity contribution in [2.24, 2.45) is 5.10 Å². The van der Waals surface area contributed by atoms with Crippen LogP contribution in [0.25, 0.3) is 0 Å². The maximum absolute atomic E-state index is 10.8. The summed E-state index contributed by atoms with van der Waals surface area (Å²) in [5.74, 6) is 0.0914. The van der Waals surface area contributed by atoms with Crippen LogP contribution in [-0.2, 0) is 4.79 Å². The van der Waals surface area contributed by atoms with Crippen molar-refractivity contribution in [1.82, 2.24) is 5.43 Å². The van der Waals surface area contributed by atoms with E-state index < -0.39 is 0 Å². The summed E-state index contributed by atoms with van der Waals surface area (Å²) in [4.78, 5) is 11.4. The van der Waals surface area contributed by atoms with Crippen molar-refractivity contribution < 1.29 is 4.79 Å². The van der Waals surface area contributed by atoms with Crippen LogP contribution in [-0.4, -0.2) is 16.5 Å². The average Bonchev–Trinajstić information content (AvgIpc) is 2.26. The standard InChI is InChI=1S/C12H14N2OS/c1-9(8-10(2)15)13-14-12(16)11-6-4-3-5-7-11/h3-7H,8H2,1-2H3,(H,14,16). The van der Waals surface area contributed by atoms with E-state index in [0.717, 1.165) is 11.3 Å². The SMILES string of the molecule is CC(=O)CC(C)=NNC(=S)c1ccccc1. The largest absolute Gasteiger partial charge is 0.300 e. The molecule has 0 spiro atoms. The normalized spacial score (nSPS) is 11.0. The zero-order valence-electron chi connectivity index (χ0n) is 9.36. The molecule has 0 aliphatic rings. The second-order valence-corrected chi connectivity index (χ2v) is 3.94. The molecule has 0 aliphatic carbocycles. The van der Waals surface area contributed by atoms with Gasteiger partial charge in [0.05, 0.1) is 0 Å². The number of carbonyl (C=O) groups excluding carboxylic acids is 1. The lowest BCUT2D eigenvalue weighted by atomic mass is 10.2. The van der Waals surface area contributed by atoms with Gasteiger partial charge in [-0.1, -0.05) is 42.5 Å². The van der Waals surface area contributed by atoms with Gasteiger partial charge in [0.1, 0.15) is 10.8 Å². The van der Waals surface area contributed by atoms with Crippen LogP contribution >= 0.6 is 12.2 Å². The third kappa shape index (κ3) is 4.31. The Morgan fingerprint density at radius 3 is 2.50 bits per heavy atom. The predicted molar refractivity (Wildman–Crippen MR) is 69.7 cm³/mol. The lowest BCUT2D eigenvalue weighted by Crippen LogP contribution is -2.18. The van der Waals surface area contributed by atoms with E-state index in [4.69, 9.17) is 12.2 Å². The molecule has 0 bridgehead atoms. The minimum absolute atomic E-state index is 0.0914. The summed E-state index contributed by atoms with van der Waals surface area (Å²) < 4.78 is 0. The van der Waals surface area contributed by atoms with E-state index in [9.17, 15) is 4.79 Å². The summed E-state index contributed by atoms with van der Waals surface area (Å²) in [5, 5.41) is 4.05. The predicted octanol–water partition coefficient (Wildman–Crippen LogP) is 2.31. The maximum Gasteiger partial charge on any atom is 0.135 e. The number of hydrogen-bond acceptors (Lipinski definition) is 3. The first kappa shape index (κ1) is 12.5. The Morgan fingerprint density at radius 2 is 1.94 bits per heavy atom. The molecule has 0 radical (unpaired) electrons. The molecule has 0 aromatic heterocycles. The first-order valence-electron chi connectivity index (χ1n) is 4.97. The quantitative estimate of drug-likeness (QED) is 0.494. The highest BCUT2D eigenvalue weighted by molar-refractivity contribution is 7.80. The van der Waals surface area contributed by atoms with Gasteiger partial charge in [0, 0.05) is 17.7 Å². The lowest BCUT2D eigenvalue weighted by Gasteiger charge is -2.03. The molecule has 0 atom stereocenters. The molecule has 1 N–H and O–H groups in total. The molecular formula is C12H14N2OS. The molecule has 0 amide bonds. The Labute approximate surface area is 101 Å². The number of thiocarbonyl (C=S) groups is 1. The van der Waals surface area contributed by atoms with Gasteiger partial charge >= 0.3 is 0 Å². The molecule has 16 heavy (non-hydrogen) atoms. The summed E-state index contributed by atoms with van der Waals surface area (Å²) >= 11 is 5.15. The Morgan fingerprint density at radius 1 is 1.31 bits per heavy atom. The van der Waals surface area contributed by atoms with Crippen LogP contribution in [0.5, 0.6) is 0 Å². The van der Waals surface area contributed by atoms with Crippen molar-refractivity contribution in [1.29, 1.82) is 0 Å². The maximum atomic E-state index is 10.8. The third-order valence-electron chi connectivity index (χ3n) is 1.89. The van der Waals surface area contributed by atoms with E-state index in [0.29, 0.717) is 11.4 Å². The number of carbonyl (C=O) groups is 1. The Hall–Kier alpha value is -1.55. The third-order valence-corrected chi connectivity index (χ3v) is 2.22. The number of nitrogens with one attached hydrogen (secondary N) is 1. The van der Waals surface area contributed by atoms with Crippen LogP contribution in [0.3, 0.4) is 0 Å². The molecule has 4 heteroatoms. The van der Waals surface area contributed by atoms with Gasteiger partial charge in [0.2, 0.25) is 0 Å². The molecule has 0 saturated carbocycles. The van der Waals surface area contributed by atoms with Gasteiger partial charge in [-0.2, -0.15) is 5.10 Å². The molecule has 1 aromatic carbocycles. The highest BCUT2D eigenvalue weighted by atomic mass is 32.1. The highest BCUT2D eigenvalue weighted by Gasteiger charge is 1.99. The summed E-state index contributed by atoms with van der Waals surface area (Å²) in [6, 6.07) is 9.57. The van der Waals surface area contributed by atoms with Crippen molar-refractivity contribution in [3.05, 3.63) is 35.9 Å². The Kier molecular flexibility index (Phi) is 4.79. The summed E-state index contributed by atoms with van der Waals surface area (Å²) in [5.41, 5.74) is 4.41. The number of rotatable bonds is 4. The van der Waals surface area contributed by atoms with Gasteiger partial charge in [0.15, 0.2) is 0 Å². The average molecular weight is 234 g/mol. The number of nitrogens with zero attached hydrogens (tertiary/aromatic N) is 1. The zero-order valence-corrected chi connectivity index (χ0v) is 10.2. The van der Waals surface area contributed by atoms with Crippen LogP contribution < -0.4 is 5.43 Å². The zero-order chi connectivity index (χ0) is 12.0. The Balaban J connectivity index is 2.56. The van der Waals surface area contributed by atoms with Gasteiger partial charge in [-0.05, 0) is 13.8 Å². The summed E-state index contributed by atoms with van der Waals surface area (Å²) in [6.45, 7) is 3.33. The topological polar surface area (TPSA) is 41.5 Å². The van der Waals surface area contributed by atoms with Crippen LogP contribution in [0, 0.1) is 0 Å². The molecule has 0 unspecified atom stereocenters. The number of Topliss-reactive ketones (excluding diaryl/α,β-unsaturated/α-hetero) is 1. The first-order chi connectivity index (χ1) is 7.59. The van der Waals surface area contributed by atoms with E-state index in [-0.39, 0.29) is 5.78 Å². The first-order valence-corrected chi connectivity index (χ1v) is 5.38. The van der Waals surface area contributed by atoms with E-state index in [1.807, 2.05) is 30.3 Å². The highest BCUT2D eigenvalue weighted by Crippen LogP contribution is 1.99. The van der Waals surface area contributed by atoms with Gasteiger partial charge in [-0.3, -0.25) is 10.2 Å². The number of hydrogen-bond donors (Lipinski definition) is 1. The van der Waals surface area contributed by atoms with Gasteiger partial charge in [-0.25, -0.2) is 0 Å². The second kappa shape index (κ2) is 6.12. The number of benzene rings is 1. The van der Waals surface area contributed by atoms with E-state index in [2.05, 4.69) is 10.5 Å². The van der Waals surface area contributed by atoms with Crippen molar-refractivity contribution >= 4 is 28.7 Å². The number of ketones is 1. The van der Waals surface area contributed by atoms with Gasteiger partial charge in [-0.15, -0.1) is 0 Å². The molecule has 3 nitrogen and oxygen atoms in total. The van der Waals surface area contributed by atoms with E-state index in [1.165, 1.54) is 6.92 Å². The molecule has 1 aromatic rings. The van der Waals surface area contributed by atoms with Gasteiger partial charge < -0.3 is 0 Å². The fourth-order valence-electron chi connectivity index (χ4n) is 1.20. The fraction of sp³-hybridized carbons (Fsp3) is 0.250. The van der Waals surface area contributed by atoms with E-state index in [1.54, 1.807) is 6.92 Å². The minimum Gasteiger partial charge on any atom is -0.300 e. The molecule has 0 saturated heterocycles. The molecule has 84 valence electrons. The van der Waals surface area contributed by atoms with Gasteiger partial charge in [0.25, 0.3) is 0 Å². The molecular weight excluding hydrogens is 220 g/mol. The molecule has 1 rings (SSSR count). The van der Waals surface area contributed by atoms with Crippen molar-refractivity contribution in [2.45, 2.75) is 20.3 Å². The summed E-state index contributed by atoms with van der Waals surface area (Å²) in [6.07, 6.45) is 0.352. The van der Waals surface area contributed by atoms with Crippen molar-refractivity contribution in [3.63, 3.8) is 0 Å². The fourth-order valence-corrected chi connectivity index (χ4v) is 1.38. The molecule has 0 aliphatic heterocycles. The lowest BCUT2D eigenvalue weighted by molar-refractivity contribution is -0.115. The van der Waals surface area contributed by atoms with Crippen LogP contribution in [0.1, 0.15) is 25.8 Å². The monoisotopic (exact) mass is 234 g/mol. The van der Waals surface area contributed by atoms with Crippen LogP contribution in [0.2, 0.25) is 0 Å². The number of hydrazone groups is 1. The smallest absolute Gasteiger partial charge is 0.135 e. The minimum atomic E-state index is 0.0914. The van der Waals surface area contributed by atoms with Crippen molar-refractivity contribution in [3.8, 4) is 0 Å². The summed E-state index contributed by atoms with van der Waals surface area (Å²) in [7, 11) is 0. The van der Waals surface area contributed by atoms with Crippen molar-refractivity contribution in [2.75, 3.05) is 0 Å². The van der Waals surface area contributed by atoms with Crippen LogP contribution in [0.15, 0.2) is 35.4 Å². The Bertz CT molecular complexity index is 412.